The predicted octanol–water partition coefficient (Wildman–Crippen LogP) is 4.86. The van der Waals surface area contributed by atoms with Gasteiger partial charge in [0.2, 0.25) is 5.13 Å². The Morgan fingerprint density at radius 1 is 1.20 bits per heavy atom. The number of nitrogens with zero attached hydrogens (tertiary/aromatic N) is 3. The molecule has 0 spiro atoms. The van der Waals surface area contributed by atoms with Crippen molar-refractivity contribution in [1.82, 2.24) is 4.98 Å². The number of aromatic nitrogens is 1. The second kappa shape index (κ2) is 7.23. The Hall–Kier alpha value is -3.06. The molecule has 2 aromatic carbocycles. The van der Waals surface area contributed by atoms with Gasteiger partial charge in [0.25, 0.3) is 5.69 Å². The first kappa shape index (κ1) is 16.8. The number of non-ortho nitro benzene ring substituents is 1. The number of nitro groups is 1. The standard InChI is InChI=1S/C18H16N4O2S/c1-12(15-9-6-10-16(11-15)22(23)24)20-21-18-19-17(13(2)25-18)14-7-4-3-5-8-14/h3-11H,1-2H3,(H,19,21)/b20-12-. The van der Waals surface area contributed by atoms with Gasteiger partial charge in [0.1, 0.15) is 0 Å². The van der Waals surface area contributed by atoms with Crippen molar-refractivity contribution >= 4 is 27.9 Å². The summed E-state index contributed by atoms with van der Waals surface area (Å²) in [7, 11) is 0. The fourth-order valence-corrected chi connectivity index (χ4v) is 3.13. The average molecular weight is 352 g/mol. The van der Waals surface area contributed by atoms with Gasteiger partial charge in [0.05, 0.1) is 16.3 Å². The molecule has 0 aliphatic rings. The van der Waals surface area contributed by atoms with Gasteiger partial charge < -0.3 is 0 Å². The van der Waals surface area contributed by atoms with Crippen molar-refractivity contribution in [1.29, 1.82) is 0 Å². The van der Waals surface area contributed by atoms with Crippen LogP contribution in [0.15, 0.2) is 59.7 Å². The Morgan fingerprint density at radius 2 is 1.96 bits per heavy atom. The highest BCUT2D eigenvalue weighted by atomic mass is 32.1. The molecule has 7 heteroatoms. The first-order valence-corrected chi connectivity index (χ1v) is 8.44. The molecule has 0 unspecified atom stereocenters. The zero-order valence-electron chi connectivity index (χ0n) is 13.8. The Balaban J connectivity index is 1.80. The zero-order chi connectivity index (χ0) is 17.8. The van der Waals surface area contributed by atoms with Crippen molar-refractivity contribution in [3.05, 3.63) is 75.2 Å². The van der Waals surface area contributed by atoms with E-state index in [-0.39, 0.29) is 5.69 Å². The van der Waals surface area contributed by atoms with Crippen molar-refractivity contribution < 1.29 is 4.92 Å². The smallest absolute Gasteiger partial charge is 0.258 e. The highest BCUT2D eigenvalue weighted by Gasteiger charge is 2.10. The topological polar surface area (TPSA) is 80.4 Å². The van der Waals surface area contributed by atoms with Gasteiger partial charge in [-0.2, -0.15) is 5.10 Å². The molecule has 0 atom stereocenters. The molecule has 0 aliphatic carbocycles. The van der Waals surface area contributed by atoms with Crippen molar-refractivity contribution in [2.75, 3.05) is 5.43 Å². The van der Waals surface area contributed by atoms with Gasteiger partial charge >= 0.3 is 0 Å². The van der Waals surface area contributed by atoms with E-state index in [1.807, 2.05) is 37.3 Å². The largest absolute Gasteiger partial charge is 0.270 e. The highest BCUT2D eigenvalue weighted by molar-refractivity contribution is 7.16. The summed E-state index contributed by atoms with van der Waals surface area (Å²) < 4.78 is 0. The van der Waals surface area contributed by atoms with Crippen molar-refractivity contribution in [3.63, 3.8) is 0 Å². The molecule has 126 valence electrons. The van der Waals surface area contributed by atoms with Crippen LogP contribution in [0.2, 0.25) is 0 Å². The quantitative estimate of drug-likeness (QED) is 0.404. The highest BCUT2D eigenvalue weighted by Crippen LogP contribution is 2.30. The first-order chi connectivity index (χ1) is 12.0. The molecule has 1 N–H and O–H groups in total. The lowest BCUT2D eigenvalue weighted by atomic mass is 10.1. The Bertz CT molecular complexity index is 935. The Labute approximate surface area is 149 Å². The lowest BCUT2D eigenvalue weighted by molar-refractivity contribution is -0.384. The number of nitro benzene ring substituents is 1. The summed E-state index contributed by atoms with van der Waals surface area (Å²) in [5.41, 5.74) is 6.32. The van der Waals surface area contributed by atoms with Crippen LogP contribution in [0.25, 0.3) is 11.3 Å². The summed E-state index contributed by atoms with van der Waals surface area (Å²) >= 11 is 1.52. The van der Waals surface area contributed by atoms with Crippen LogP contribution in [0.4, 0.5) is 10.8 Å². The molecule has 0 amide bonds. The molecular weight excluding hydrogens is 336 g/mol. The number of rotatable bonds is 5. The van der Waals surface area contributed by atoms with Crippen molar-refractivity contribution in [3.8, 4) is 11.3 Å². The molecule has 0 saturated carbocycles. The SMILES string of the molecule is C/C(=N/Nc1nc(-c2ccccc2)c(C)s1)c1cccc([N+](=O)[O-])c1. The maximum atomic E-state index is 10.9. The molecule has 0 radical (unpaired) electrons. The van der Waals surface area contributed by atoms with E-state index in [1.54, 1.807) is 19.1 Å². The third kappa shape index (κ3) is 3.89. The molecule has 1 heterocycles. The number of nitrogens with one attached hydrogen (secondary N) is 1. The van der Waals surface area contributed by atoms with E-state index >= 15 is 0 Å². The summed E-state index contributed by atoms with van der Waals surface area (Å²) in [5.74, 6) is 0. The molecule has 3 rings (SSSR count). The molecule has 1 aromatic heterocycles. The van der Waals surface area contributed by atoms with E-state index < -0.39 is 4.92 Å². The van der Waals surface area contributed by atoms with Gasteiger partial charge in [-0.1, -0.05) is 42.5 Å². The van der Waals surface area contributed by atoms with E-state index in [1.165, 1.54) is 23.5 Å². The average Bonchev–Trinajstić information content (AvgIpc) is 3.01. The van der Waals surface area contributed by atoms with Gasteiger partial charge in [0.15, 0.2) is 0 Å². The Morgan fingerprint density at radius 3 is 2.68 bits per heavy atom. The van der Waals surface area contributed by atoms with Gasteiger partial charge in [-0.05, 0) is 13.8 Å². The van der Waals surface area contributed by atoms with E-state index in [4.69, 9.17) is 0 Å². The van der Waals surface area contributed by atoms with Crippen LogP contribution in [-0.2, 0) is 0 Å². The van der Waals surface area contributed by atoms with Crippen LogP contribution in [-0.4, -0.2) is 15.6 Å². The number of benzene rings is 2. The minimum Gasteiger partial charge on any atom is -0.258 e. The molecular formula is C18H16N4O2S. The number of hydrogen-bond donors (Lipinski definition) is 1. The maximum absolute atomic E-state index is 10.9. The fourth-order valence-electron chi connectivity index (χ4n) is 2.35. The van der Waals surface area contributed by atoms with Crippen LogP contribution >= 0.6 is 11.3 Å². The zero-order valence-corrected chi connectivity index (χ0v) is 14.6. The van der Waals surface area contributed by atoms with Crippen LogP contribution < -0.4 is 5.43 Å². The number of hydrazone groups is 1. The van der Waals surface area contributed by atoms with E-state index in [0.717, 1.165) is 16.1 Å². The number of hydrogen-bond acceptors (Lipinski definition) is 6. The van der Waals surface area contributed by atoms with Crippen LogP contribution in [0, 0.1) is 17.0 Å². The summed E-state index contributed by atoms with van der Waals surface area (Å²) in [6.45, 7) is 3.81. The maximum Gasteiger partial charge on any atom is 0.270 e. The Kier molecular flexibility index (Phi) is 4.85. The van der Waals surface area contributed by atoms with Crippen LogP contribution in [0.5, 0.6) is 0 Å². The summed E-state index contributed by atoms with van der Waals surface area (Å²) in [6.07, 6.45) is 0. The number of aryl methyl sites for hydroxylation is 1. The second-order valence-corrected chi connectivity index (χ2v) is 6.61. The number of thiazole rings is 1. The second-order valence-electron chi connectivity index (χ2n) is 5.41. The lowest BCUT2D eigenvalue weighted by Crippen LogP contribution is -2.00. The fraction of sp³-hybridized carbons (Fsp3) is 0.111. The summed E-state index contributed by atoms with van der Waals surface area (Å²) in [6, 6.07) is 16.4. The molecule has 0 fully saturated rings. The van der Waals surface area contributed by atoms with E-state index in [9.17, 15) is 10.1 Å². The monoisotopic (exact) mass is 352 g/mol. The van der Waals surface area contributed by atoms with Gasteiger partial charge in [-0.3, -0.25) is 15.5 Å². The third-order valence-corrected chi connectivity index (χ3v) is 4.51. The van der Waals surface area contributed by atoms with E-state index in [2.05, 4.69) is 15.5 Å². The third-order valence-electron chi connectivity index (χ3n) is 3.64. The first-order valence-electron chi connectivity index (χ1n) is 7.62. The summed E-state index contributed by atoms with van der Waals surface area (Å²) in [4.78, 5) is 16.1. The van der Waals surface area contributed by atoms with Gasteiger partial charge in [-0.25, -0.2) is 4.98 Å². The molecule has 25 heavy (non-hydrogen) atoms. The van der Waals surface area contributed by atoms with Gasteiger partial charge in [-0.15, -0.1) is 11.3 Å². The number of anilines is 1. The summed E-state index contributed by atoms with van der Waals surface area (Å²) in [5, 5.41) is 15.9. The molecule has 3 aromatic rings. The molecule has 0 saturated heterocycles. The van der Waals surface area contributed by atoms with Crippen LogP contribution in [0.1, 0.15) is 17.4 Å². The molecule has 6 nitrogen and oxygen atoms in total. The van der Waals surface area contributed by atoms with Crippen molar-refractivity contribution in [2.45, 2.75) is 13.8 Å². The predicted molar refractivity (Wildman–Crippen MR) is 101 cm³/mol. The minimum atomic E-state index is -0.416. The van der Waals surface area contributed by atoms with Crippen molar-refractivity contribution in [2.24, 2.45) is 5.10 Å². The van der Waals surface area contributed by atoms with Crippen LogP contribution in [0.3, 0.4) is 0 Å². The normalized spacial score (nSPS) is 11.4. The van der Waals surface area contributed by atoms with Gasteiger partial charge in [0, 0.05) is 28.1 Å². The van der Waals surface area contributed by atoms with E-state index in [0.29, 0.717) is 16.4 Å². The molecule has 0 bridgehead atoms. The minimum absolute atomic E-state index is 0.0449. The lowest BCUT2D eigenvalue weighted by Gasteiger charge is -2.01. The molecule has 0 aliphatic heterocycles.